The summed E-state index contributed by atoms with van der Waals surface area (Å²) in [4.78, 5) is 0. The summed E-state index contributed by atoms with van der Waals surface area (Å²) in [5, 5.41) is 21.6. The molecular formula is C13H18N6O3. The second kappa shape index (κ2) is 6.66. The van der Waals surface area contributed by atoms with Crippen LogP contribution in [0.25, 0.3) is 0 Å². The van der Waals surface area contributed by atoms with Crippen molar-refractivity contribution in [1.82, 2.24) is 14.9 Å². The van der Waals surface area contributed by atoms with E-state index in [9.17, 15) is 5.11 Å². The molecule has 0 saturated heterocycles. The number of hydrogen-bond donors (Lipinski definition) is 3. The predicted molar refractivity (Wildman–Crippen MR) is 82.0 cm³/mol. The molecule has 0 bridgehead atoms. The van der Waals surface area contributed by atoms with Crippen molar-refractivity contribution in [2.24, 2.45) is 5.10 Å². The number of nitrogen functional groups attached to an aromatic ring is 1. The fourth-order valence-corrected chi connectivity index (χ4v) is 1.79. The molecule has 1 heterocycles. The Balaban J connectivity index is 2.17. The minimum Gasteiger partial charge on any atom is -0.502 e. The van der Waals surface area contributed by atoms with Crippen LogP contribution in [-0.4, -0.2) is 40.4 Å². The number of hydrogen-bond acceptors (Lipinski definition) is 8. The van der Waals surface area contributed by atoms with Gasteiger partial charge in [0.05, 0.1) is 20.4 Å². The lowest BCUT2D eigenvalue weighted by atomic mass is 10.2. The Hall–Kier alpha value is -2.97. The van der Waals surface area contributed by atoms with E-state index in [0.717, 1.165) is 0 Å². The number of aryl methyl sites for hydroxylation is 1. The Kier molecular flexibility index (Phi) is 4.66. The van der Waals surface area contributed by atoms with Crippen molar-refractivity contribution >= 4 is 12.2 Å². The molecule has 2 aromatic rings. The summed E-state index contributed by atoms with van der Waals surface area (Å²) in [6.45, 7) is 1.93. The number of anilines is 1. The summed E-state index contributed by atoms with van der Waals surface area (Å²) in [6.07, 6.45) is 2.19. The van der Waals surface area contributed by atoms with Crippen LogP contribution in [0.15, 0.2) is 17.2 Å². The van der Waals surface area contributed by atoms with Gasteiger partial charge in [0, 0.05) is 12.0 Å². The lowest BCUT2D eigenvalue weighted by Gasteiger charge is -2.09. The second-order valence-corrected chi connectivity index (χ2v) is 4.31. The van der Waals surface area contributed by atoms with Crippen molar-refractivity contribution in [2.75, 3.05) is 25.5 Å². The van der Waals surface area contributed by atoms with Gasteiger partial charge in [-0.1, -0.05) is 6.92 Å². The van der Waals surface area contributed by atoms with E-state index < -0.39 is 0 Å². The third-order valence-electron chi connectivity index (χ3n) is 2.96. The number of aromatic hydroxyl groups is 1. The van der Waals surface area contributed by atoms with Crippen molar-refractivity contribution < 1.29 is 14.6 Å². The second-order valence-electron chi connectivity index (χ2n) is 4.31. The molecule has 0 atom stereocenters. The highest BCUT2D eigenvalue weighted by molar-refractivity contribution is 5.82. The van der Waals surface area contributed by atoms with E-state index in [4.69, 9.17) is 15.3 Å². The molecule has 9 heteroatoms. The molecule has 4 N–H and O–H groups in total. The summed E-state index contributed by atoms with van der Waals surface area (Å²) in [5.74, 6) is 7.27. The molecule has 9 nitrogen and oxygen atoms in total. The van der Waals surface area contributed by atoms with E-state index in [0.29, 0.717) is 23.8 Å². The van der Waals surface area contributed by atoms with Crippen LogP contribution in [0.1, 0.15) is 18.3 Å². The topological polar surface area (TPSA) is 120 Å². The van der Waals surface area contributed by atoms with E-state index in [1.165, 1.54) is 25.1 Å². The number of hydrazone groups is 1. The molecule has 0 aliphatic carbocycles. The third-order valence-corrected chi connectivity index (χ3v) is 2.96. The minimum atomic E-state index is -0.0654. The van der Waals surface area contributed by atoms with Gasteiger partial charge in [0.15, 0.2) is 17.3 Å². The zero-order valence-electron chi connectivity index (χ0n) is 12.6. The van der Waals surface area contributed by atoms with Crippen LogP contribution in [0.4, 0.5) is 5.95 Å². The molecule has 0 amide bonds. The quantitative estimate of drug-likeness (QED) is 0.408. The maximum absolute atomic E-state index is 9.83. The summed E-state index contributed by atoms with van der Waals surface area (Å²) >= 11 is 0. The third kappa shape index (κ3) is 3.03. The van der Waals surface area contributed by atoms with E-state index in [-0.39, 0.29) is 17.2 Å². The van der Waals surface area contributed by atoms with Crippen molar-refractivity contribution in [2.45, 2.75) is 13.3 Å². The van der Waals surface area contributed by atoms with Crippen LogP contribution >= 0.6 is 0 Å². The van der Waals surface area contributed by atoms with Crippen LogP contribution in [-0.2, 0) is 6.42 Å². The maximum atomic E-state index is 9.83. The Morgan fingerprint density at radius 2 is 1.95 bits per heavy atom. The van der Waals surface area contributed by atoms with Gasteiger partial charge in [-0.25, -0.2) is 10.1 Å². The number of phenolic OH excluding ortho intramolecular Hbond substituents is 1. The number of phenols is 1. The summed E-state index contributed by atoms with van der Waals surface area (Å²) in [7, 11) is 2.91. The van der Waals surface area contributed by atoms with E-state index >= 15 is 0 Å². The number of nitrogens with one attached hydrogen (secondary N) is 1. The standard InChI is InChI=1S/C13H18N6O3/c1-4-11-16-18-13(19(11)14)17-15-7-8-5-9(21-2)12(20)10(6-8)22-3/h5-7,20H,4,14H2,1-3H3,(H,17,18)/b15-7+. The normalized spacial score (nSPS) is 10.9. The van der Waals surface area contributed by atoms with E-state index in [1.54, 1.807) is 12.1 Å². The molecule has 2 rings (SSSR count). The molecule has 1 aromatic heterocycles. The number of ether oxygens (including phenoxy) is 2. The highest BCUT2D eigenvalue weighted by atomic mass is 16.5. The van der Waals surface area contributed by atoms with Gasteiger partial charge >= 0.3 is 0 Å². The molecular weight excluding hydrogens is 288 g/mol. The first-order valence-corrected chi connectivity index (χ1v) is 6.54. The van der Waals surface area contributed by atoms with Crippen molar-refractivity contribution in [3.63, 3.8) is 0 Å². The number of benzene rings is 1. The van der Waals surface area contributed by atoms with Crippen LogP contribution < -0.4 is 20.7 Å². The van der Waals surface area contributed by atoms with Gasteiger partial charge in [0.2, 0.25) is 5.75 Å². The van der Waals surface area contributed by atoms with Crippen LogP contribution in [0.5, 0.6) is 17.2 Å². The van der Waals surface area contributed by atoms with Crippen molar-refractivity contribution in [3.8, 4) is 17.2 Å². The number of nitrogens with zero attached hydrogens (tertiary/aromatic N) is 4. The first-order valence-electron chi connectivity index (χ1n) is 6.54. The van der Waals surface area contributed by atoms with Crippen LogP contribution in [0, 0.1) is 0 Å². The van der Waals surface area contributed by atoms with Gasteiger partial charge in [0.1, 0.15) is 0 Å². The number of rotatable bonds is 6. The Labute approximate surface area is 127 Å². The summed E-state index contributed by atoms with van der Waals surface area (Å²) in [5.41, 5.74) is 3.36. The molecule has 0 fully saturated rings. The monoisotopic (exact) mass is 306 g/mol. The average Bonchev–Trinajstić information content (AvgIpc) is 2.89. The maximum Gasteiger partial charge on any atom is 0.263 e. The van der Waals surface area contributed by atoms with Gasteiger partial charge in [-0.05, 0) is 12.1 Å². The number of nitrogens with two attached hydrogens (primary N) is 1. The summed E-state index contributed by atoms with van der Waals surface area (Å²) < 4.78 is 11.5. The zero-order chi connectivity index (χ0) is 16.1. The highest BCUT2D eigenvalue weighted by Gasteiger charge is 2.10. The molecule has 0 radical (unpaired) electrons. The molecule has 0 unspecified atom stereocenters. The molecule has 0 spiro atoms. The summed E-state index contributed by atoms with van der Waals surface area (Å²) in [6, 6.07) is 3.24. The molecule has 0 aliphatic heterocycles. The smallest absolute Gasteiger partial charge is 0.263 e. The molecule has 0 aliphatic rings. The van der Waals surface area contributed by atoms with E-state index in [2.05, 4.69) is 20.7 Å². The largest absolute Gasteiger partial charge is 0.502 e. The number of methoxy groups -OCH3 is 2. The fourth-order valence-electron chi connectivity index (χ4n) is 1.79. The van der Waals surface area contributed by atoms with Crippen molar-refractivity contribution in [1.29, 1.82) is 0 Å². The molecule has 0 saturated carbocycles. The van der Waals surface area contributed by atoms with Gasteiger partial charge in [-0.2, -0.15) is 5.10 Å². The number of aromatic nitrogens is 3. The van der Waals surface area contributed by atoms with E-state index in [1.807, 2.05) is 6.92 Å². The van der Waals surface area contributed by atoms with Crippen LogP contribution in [0.3, 0.4) is 0 Å². The molecule has 118 valence electrons. The van der Waals surface area contributed by atoms with Gasteiger partial charge in [0.25, 0.3) is 5.95 Å². The highest BCUT2D eigenvalue weighted by Crippen LogP contribution is 2.36. The minimum absolute atomic E-state index is 0.0654. The first-order chi connectivity index (χ1) is 10.6. The van der Waals surface area contributed by atoms with Gasteiger partial charge < -0.3 is 20.4 Å². The predicted octanol–water partition coefficient (Wildman–Crippen LogP) is 0.723. The van der Waals surface area contributed by atoms with Crippen LogP contribution in [0.2, 0.25) is 0 Å². The Morgan fingerprint density at radius 1 is 1.32 bits per heavy atom. The van der Waals surface area contributed by atoms with Gasteiger partial charge in [-0.3, -0.25) is 0 Å². The Morgan fingerprint density at radius 3 is 2.45 bits per heavy atom. The van der Waals surface area contributed by atoms with Crippen molar-refractivity contribution in [3.05, 3.63) is 23.5 Å². The zero-order valence-corrected chi connectivity index (χ0v) is 12.6. The molecule has 1 aromatic carbocycles. The SMILES string of the molecule is CCc1nnc(N/N=C/c2cc(OC)c(O)c(OC)c2)n1N. The molecule has 22 heavy (non-hydrogen) atoms. The average molecular weight is 306 g/mol. The van der Waals surface area contributed by atoms with Gasteiger partial charge in [-0.15, -0.1) is 10.2 Å². The Bertz CT molecular complexity index is 657. The first kappa shape index (κ1) is 15.4. The lowest BCUT2D eigenvalue weighted by molar-refractivity contribution is 0.340. The fraction of sp³-hybridized carbons (Fsp3) is 0.308. The lowest BCUT2D eigenvalue weighted by Crippen LogP contribution is -2.14.